The third kappa shape index (κ3) is 3.95. The lowest BCUT2D eigenvalue weighted by atomic mass is 9.96. The Hall–Kier alpha value is -2.47. The van der Waals surface area contributed by atoms with Gasteiger partial charge < -0.3 is 19.1 Å². The summed E-state index contributed by atoms with van der Waals surface area (Å²) in [7, 11) is 4.87. The van der Waals surface area contributed by atoms with Crippen LogP contribution in [-0.2, 0) is 0 Å². The molecule has 0 fully saturated rings. The number of amides is 1. The summed E-state index contributed by atoms with van der Waals surface area (Å²) in [6.45, 7) is 1.16. The van der Waals surface area contributed by atoms with Gasteiger partial charge in [-0.3, -0.25) is 4.79 Å². The van der Waals surface area contributed by atoms with Crippen LogP contribution in [0.3, 0.4) is 0 Å². The lowest BCUT2D eigenvalue weighted by Crippen LogP contribution is -2.34. The van der Waals surface area contributed by atoms with Crippen LogP contribution < -0.4 is 14.2 Å². The van der Waals surface area contributed by atoms with Crippen molar-refractivity contribution in [2.24, 2.45) is 0 Å². The molecule has 0 spiro atoms. The fraction of sp³-hybridized carbons (Fsp3) is 0.286. The molecular weight excluding hydrogens is 410 g/mol. The Morgan fingerprint density at radius 3 is 2.22 bits per heavy atom. The van der Waals surface area contributed by atoms with Gasteiger partial charge in [-0.25, -0.2) is 0 Å². The van der Waals surface area contributed by atoms with E-state index in [1.807, 2.05) is 41.3 Å². The minimum absolute atomic E-state index is 0.0198. The Labute approximate surface area is 167 Å². The van der Waals surface area contributed by atoms with Gasteiger partial charge in [-0.1, -0.05) is 18.2 Å². The summed E-state index contributed by atoms with van der Waals surface area (Å²) in [6.07, 6.45) is 2.78. The van der Waals surface area contributed by atoms with E-state index in [1.165, 1.54) is 0 Å². The number of carbonyl (C=O) groups excluding carboxylic acids is 1. The standard InChI is InChI=1S/C21H22BrNO4/c1-25-15-12-18(26-2)20(19(13-15)27-3)14-8-10-23(11-9-14)21(24)16-6-4-5-7-17(16)22/h4-8,12-13H,9-11H2,1-3H3. The molecule has 1 amide bonds. The molecule has 2 aromatic rings. The maximum Gasteiger partial charge on any atom is 0.255 e. The molecule has 5 nitrogen and oxygen atoms in total. The topological polar surface area (TPSA) is 48.0 Å². The molecule has 0 bridgehead atoms. The minimum atomic E-state index is 0.0198. The van der Waals surface area contributed by atoms with Gasteiger partial charge in [0.15, 0.2) is 0 Å². The number of carbonyl (C=O) groups is 1. The van der Waals surface area contributed by atoms with Gasteiger partial charge in [-0.2, -0.15) is 0 Å². The van der Waals surface area contributed by atoms with Gasteiger partial charge in [-0.05, 0) is 40.1 Å². The van der Waals surface area contributed by atoms with Gasteiger partial charge in [0, 0.05) is 29.7 Å². The zero-order valence-electron chi connectivity index (χ0n) is 15.6. The van der Waals surface area contributed by atoms with Crippen molar-refractivity contribution in [1.29, 1.82) is 0 Å². The predicted molar refractivity (Wildman–Crippen MR) is 109 cm³/mol. The first-order valence-electron chi connectivity index (χ1n) is 8.62. The lowest BCUT2D eigenvalue weighted by molar-refractivity contribution is 0.0772. The number of benzene rings is 2. The Morgan fingerprint density at radius 1 is 1.04 bits per heavy atom. The molecular formula is C21H22BrNO4. The van der Waals surface area contributed by atoms with Crippen LogP contribution in [0.2, 0.25) is 0 Å². The second-order valence-electron chi connectivity index (χ2n) is 6.12. The number of nitrogens with zero attached hydrogens (tertiary/aromatic N) is 1. The van der Waals surface area contributed by atoms with Gasteiger partial charge in [-0.15, -0.1) is 0 Å². The summed E-state index contributed by atoms with van der Waals surface area (Å²) < 4.78 is 17.2. The summed E-state index contributed by atoms with van der Waals surface area (Å²) in [6, 6.07) is 11.2. The number of rotatable bonds is 5. The summed E-state index contributed by atoms with van der Waals surface area (Å²) in [5.41, 5.74) is 2.69. The van der Waals surface area contributed by atoms with E-state index in [2.05, 4.69) is 22.0 Å². The summed E-state index contributed by atoms with van der Waals surface area (Å²) in [5.74, 6) is 2.09. The molecule has 0 aromatic heterocycles. The molecule has 0 unspecified atom stereocenters. The number of halogens is 1. The van der Waals surface area contributed by atoms with Crippen molar-refractivity contribution in [2.45, 2.75) is 6.42 Å². The first kappa shape index (κ1) is 19.3. The Balaban J connectivity index is 1.87. The summed E-state index contributed by atoms with van der Waals surface area (Å²) in [5, 5.41) is 0. The zero-order chi connectivity index (χ0) is 19.4. The average molecular weight is 432 g/mol. The molecule has 0 saturated heterocycles. The quantitative estimate of drug-likeness (QED) is 0.703. The van der Waals surface area contributed by atoms with Crippen molar-refractivity contribution in [2.75, 3.05) is 34.4 Å². The Kier molecular flexibility index (Phi) is 6.06. The molecule has 0 saturated carbocycles. The number of methoxy groups -OCH3 is 3. The highest BCUT2D eigenvalue weighted by Crippen LogP contribution is 2.41. The summed E-state index contributed by atoms with van der Waals surface area (Å²) >= 11 is 3.46. The van der Waals surface area contributed by atoms with Gasteiger partial charge in [0.1, 0.15) is 17.2 Å². The number of ether oxygens (including phenoxy) is 3. The minimum Gasteiger partial charge on any atom is -0.496 e. The molecule has 1 aliphatic heterocycles. The molecule has 27 heavy (non-hydrogen) atoms. The molecule has 1 heterocycles. The van der Waals surface area contributed by atoms with Crippen LogP contribution in [0.5, 0.6) is 17.2 Å². The Morgan fingerprint density at radius 2 is 1.70 bits per heavy atom. The third-order valence-electron chi connectivity index (χ3n) is 4.64. The van der Waals surface area contributed by atoms with Crippen LogP contribution in [0.15, 0.2) is 46.9 Å². The highest BCUT2D eigenvalue weighted by molar-refractivity contribution is 9.10. The largest absolute Gasteiger partial charge is 0.496 e. The van der Waals surface area contributed by atoms with Crippen LogP contribution in [0, 0.1) is 0 Å². The van der Waals surface area contributed by atoms with E-state index in [-0.39, 0.29) is 5.91 Å². The molecule has 6 heteroatoms. The number of hydrogen-bond donors (Lipinski definition) is 0. The van der Waals surface area contributed by atoms with E-state index in [0.717, 1.165) is 22.0 Å². The van der Waals surface area contributed by atoms with Gasteiger partial charge in [0.25, 0.3) is 5.91 Å². The second-order valence-corrected chi connectivity index (χ2v) is 6.97. The van der Waals surface area contributed by atoms with Gasteiger partial charge in [0.05, 0.1) is 32.5 Å². The van der Waals surface area contributed by atoms with Crippen molar-refractivity contribution in [3.63, 3.8) is 0 Å². The van der Waals surface area contributed by atoms with E-state index in [0.29, 0.717) is 35.9 Å². The van der Waals surface area contributed by atoms with Crippen LogP contribution in [0.1, 0.15) is 22.3 Å². The van der Waals surface area contributed by atoms with Crippen molar-refractivity contribution in [1.82, 2.24) is 4.90 Å². The van der Waals surface area contributed by atoms with Crippen molar-refractivity contribution in [3.05, 3.63) is 58.1 Å². The lowest BCUT2D eigenvalue weighted by Gasteiger charge is -2.28. The SMILES string of the molecule is COc1cc(OC)c(C2=CCN(C(=O)c3ccccc3Br)CC2)c(OC)c1. The van der Waals surface area contributed by atoms with E-state index in [9.17, 15) is 4.79 Å². The predicted octanol–water partition coefficient (Wildman–Crippen LogP) is 4.40. The zero-order valence-corrected chi connectivity index (χ0v) is 17.2. The molecule has 0 atom stereocenters. The molecule has 0 radical (unpaired) electrons. The van der Waals surface area contributed by atoms with Crippen molar-refractivity contribution >= 4 is 27.4 Å². The highest BCUT2D eigenvalue weighted by Gasteiger charge is 2.24. The maximum absolute atomic E-state index is 12.8. The van der Waals surface area contributed by atoms with E-state index in [4.69, 9.17) is 14.2 Å². The smallest absolute Gasteiger partial charge is 0.255 e. The average Bonchev–Trinajstić information content (AvgIpc) is 2.72. The molecule has 0 N–H and O–H groups in total. The van der Waals surface area contributed by atoms with Crippen molar-refractivity contribution in [3.8, 4) is 17.2 Å². The first-order chi connectivity index (χ1) is 13.1. The first-order valence-corrected chi connectivity index (χ1v) is 9.41. The molecule has 3 rings (SSSR count). The second kappa shape index (κ2) is 8.48. The van der Waals surface area contributed by atoms with Crippen LogP contribution >= 0.6 is 15.9 Å². The van der Waals surface area contributed by atoms with Crippen LogP contribution in [-0.4, -0.2) is 45.2 Å². The normalized spacial score (nSPS) is 13.8. The van der Waals surface area contributed by atoms with Crippen LogP contribution in [0.4, 0.5) is 0 Å². The van der Waals surface area contributed by atoms with E-state index >= 15 is 0 Å². The molecule has 1 aliphatic rings. The third-order valence-corrected chi connectivity index (χ3v) is 5.33. The summed E-state index contributed by atoms with van der Waals surface area (Å²) in [4.78, 5) is 14.6. The monoisotopic (exact) mass is 431 g/mol. The van der Waals surface area contributed by atoms with Crippen molar-refractivity contribution < 1.29 is 19.0 Å². The highest BCUT2D eigenvalue weighted by atomic mass is 79.9. The van der Waals surface area contributed by atoms with Crippen LogP contribution in [0.25, 0.3) is 5.57 Å². The van der Waals surface area contributed by atoms with Gasteiger partial charge >= 0.3 is 0 Å². The molecule has 0 aliphatic carbocycles. The Bertz CT molecular complexity index is 853. The van der Waals surface area contributed by atoms with E-state index < -0.39 is 0 Å². The fourth-order valence-corrected chi connectivity index (χ4v) is 3.66. The fourth-order valence-electron chi connectivity index (χ4n) is 3.21. The molecule has 142 valence electrons. The molecule has 2 aromatic carbocycles. The number of hydrogen-bond acceptors (Lipinski definition) is 4. The van der Waals surface area contributed by atoms with E-state index in [1.54, 1.807) is 21.3 Å². The maximum atomic E-state index is 12.8. The van der Waals surface area contributed by atoms with Gasteiger partial charge in [0.2, 0.25) is 0 Å².